The first kappa shape index (κ1) is 13.7. The number of aliphatic hydroxyl groups is 2. The highest BCUT2D eigenvalue weighted by Crippen LogP contribution is 2.04. The van der Waals surface area contributed by atoms with Gasteiger partial charge < -0.3 is 19.8 Å². The van der Waals surface area contributed by atoms with Gasteiger partial charge in [-0.3, -0.25) is 9.69 Å². The van der Waals surface area contributed by atoms with Gasteiger partial charge in [-0.2, -0.15) is 0 Å². The van der Waals surface area contributed by atoms with Gasteiger partial charge in [0.15, 0.2) is 11.2 Å². The number of aromatic amines is 1. The van der Waals surface area contributed by atoms with E-state index in [0.29, 0.717) is 37.3 Å². The van der Waals surface area contributed by atoms with E-state index in [0.717, 1.165) is 0 Å². The lowest BCUT2D eigenvalue weighted by atomic mass is 10.4. The fraction of sp³-hybridized carbons (Fsp3) is 0.545. The Bertz CT molecular complexity index is 573. The molecule has 0 aliphatic rings. The normalized spacial score (nSPS) is 11.5. The molecule has 2 heterocycles. The van der Waals surface area contributed by atoms with Crippen molar-refractivity contribution in [2.45, 2.75) is 6.54 Å². The van der Waals surface area contributed by atoms with Crippen LogP contribution in [-0.2, 0) is 6.54 Å². The van der Waals surface area contributed by atoms with Crippen LogP contribution >= 0.6 is 0 Å². The molecule has 2 rings (SSSR count). The van der Waals surface area contributed by atoms with Crippen molar-refractivity contribution >= 4 is 11.2 Å². The highest BCUT2D eigenvalue weighted by molar-refractivity contribution is 5.68. The van der Waals surface area contributed by atoms with Gasteiger partial charge in [0.2, 0.25) is 0 Å². The van der Waals surface area contributed by atoms with Gasteiger partial charge in [0.05, 0.1) is 25.9 Å². The topological polar surface area (TPSA) is 107 Å². The number of hydrogen-bond donors (Lipinski definition) is 3. The summed E-state index contributed by atoms with van der Waals surface area (Å²) in [6.45, 7) is 2.32. The van der Waals surface area contributed by atoms with Crippen molar-refractivity contribution in [1.82, 2.24) is 24.4 Å². The fourth-order valence-electron chi connectivity index (χ4n) is 1.92. The SMILES string of the molecule is O=c1[nH]cnc2c1ncn2CCN(CCO)CCO. The first-order valence-corrected chi connectivity index (χ1v) is 6.09. The van der Waals surface area contributed by atoms with Crippen LogP contribution in [0, 0.1) is 0 Å². The van der Waals surface area contributed by atoms with Crippen LogP contribution in [0.2, 0.25) is 0 Å². The van der Waals surface area contributed by atoms with E-state index in [1.54, 1.807) is 10.9 Å². The molecule has 0 fully saturated rings. The molecule has 0 saturated carbocycles. The number of rotatable bonds is 7. The minimum Gasteiger partial charge on any atom is -0.395 e. The molecule has 0 aromatic carbocycles. The molecule has 104 valence electrons. The summed E-state index contributed by atoms with van der Waals surface area (Å²) in [5, 5.41) is 17.9. The van der Waals surface area contributed by atoms with Crippen LogP contribution in [0.25, 0.3) is 11.2 Å². The molecule has 2 aromatic rings. The number of nitrogens with zero attached hydrogens (tertiary/aromatic N) is 4. The third-order valence-electron chi connectivity index (χ3n) is 2.90. The Morgan fingerprint density at radius 2 is 1.95 bits per heavy atom. The van der Waals surface area contributed by atoms with E-state index in [2.05, 4.69) is 15.0 Å². The van der Waals surface area contributed by atoms with Crippen LogP contribution in [-0.4, -0.2) is 67.5 Å². The van der Waals surface area contributed by atoms with Gasteiger partial charge in [0.25, 0.3) is 5.56 Å². The predicted octanol–water partition coefficient (Wildman–Crippen LogP) is -1.59. The van der Waals surface area contributed by atoms with E-state index in [9.17, 15) is 4.79 Å². The fourth-order valence-corrected chi connectivity index (χ4v) is 1.92. The van der Waals surface area contributed by atoms with Gasteiger partial charge in [-0.15, -0.1) is 0 Å². The van der Waals surface area contributed by atoms with Gasteiger partial charge in [-0.1, -0.05) is 0 Å². The minimum atomic E-state index is -0.258. The molecule has 19 heavy (non-hydrogen) atoms. The largest absolute Gasteiger partial charge is 0.395 e. The second-order valence-corrected chi connectivity index (χ2v) is 4.13. The zero-order chi connectivity index (χ0) is 13.7. The average molecular weight is 267 g/mol. The molecule has 0 amide bonds. The lowest BCUT2D eigenvalue weighted by Gasteiger charge is -2.20. The summed E-state index contributed by atoms with van der Waals surface area (Å²) in [5.74, 6) is 0. The van der Waals surface area contributed by atoms with Crippen LogP contribution < -0.4 is 5.56 Å². The van der Waals surface area contributed by atoms with Crippen molar-refractivity contribution in [3.63, 3.8) is 0 Å². The standard InChI is InChI=1S/C11H17N5O3/c17-5-3-15(4-6-18)1-2-16-8-14-9-10(16)12-7-13-11(9)19/h7-8,17-18H,1-6H2,(H,12,13,19). The Labute approximate surface area is 109 Å². The number of aromatic nitrogens is 4. The molecule has 2 aromatic heterocycles. The third kappa shape index (κ3) is 3.16. The lowest BCUT2D eigenvalue weighted by molar-refractivity contribution is 0.157. The van der Waals surface area contributed by atoms with Crippen LogP contribution in [0.1, 0.15) is 0 Å². The smallest absolute Gasteiger partial charge is 0.278 e. The molecule has 0 unspecified atom stereocenters. The maximum atomic E-state index is 11.5. The van der Waals surface area contributed by atoms with Gasteiger partial charge in [-0.05, 0) is 0 Å². The molecule has 8 nitrogen and oxygen atoms in total. The number of aliphatic hydroxyl groups excluding tert-OH is 2. The molecule has 0 saturated heterocycles. The van der Waals surface area contributed by atoms with E-state index in [1.807, 2.05) is 4.90 Å². The quantitative estimate of drug-likeness (QED) is 0.558. The number of H-pyrrole nitrogens is 1. The van der Waals surface area contributed by atoms with Gasteiger partial charge in [0.1, 0.15) is 0 Å². The van der Waals surface area contributed by atoms with Crippen molar-refractivity contribution < 1.29 is 10.2 Å². The summed E-state index contributed by atoms with van der Waals surface area (Å²) in [6, 6.07) is 0. The lowest BCUT2D eigenvalue weighted by Crippen LogP contribution is -2.32. The molecule has 0 aliphatic heterocycles. The molecule has 0 spiro atoms. The van der Waals surface area contributed by atoms with E-state index in [-0.39, 0.29) is 18.8 Å². The zero-order valence-electron chi connectivity index (χ0n) is 10.5. The number of fused-ring (bicyclic) bond motifs is 1. The Kier molecular flexibility index (Phi) is 4.61. The molecule has 0 radical (unpaired) electrons. The molecular weight excluding hydrogens is 250 g/mol. The van der Waals surface area contributed by atoms with Crippen molar-refractivity contribution in [3.05, 3.63) is 23.0 Å². The summed E-state index contributed by atoms with van der Waals surface area (Å²) >= 11 is 0. The summed E-state index contributed by atoms with van der Waals surface area (Å²) in [6.07, 6.45) is 2.92. The first-order chi connectivity index (χ1) is 9.26. The maximum Gasteiger partial charge on any atom is 0.278 e. The predicted molar refractivity (Wildman–Crippen MR) is 68.8 cm³/mol. The third-order valence-corrected chi connectivity index (χ3v) is 2.90. The molecule has 0 bridgehead atoms. The summed E-state index contributed by atoms with van der Waals surface area (Å²) in [4.78, 5) is 24.0. The Hall–Kier alpha value is -1.77. The van der Waals surface area contributed by atoms with Crippen LogP contribution in [0.4, 0.5) is 0 Å². The van der Waals surface area contributed by atoms with Crippen LogP contribution in [0.3, 0.4) is 0 Å². The van der Waals surface area contributed by atoms with E-state index < -0.39 is 0 Å². The Morgan fingerprint density at radius 1 is 1.21 bits per heavy atom. The van der Waals surface area contributed by atoms with Crippen molar-refractivity contribution in [3.8, 4) is 0 Å². The number of nitrogens with one attached hydrogen (secondary N) is 1. The Morgan fingerprint density at radius 3 is 2.63 bits per heavy atom. The molecule has 0 aliphatic carbocycles. The van der Waals surface area contributed by atoms with Gasteiger partial charge in [0, 0.05) is 26.2 Å². The molecule has 0 atom stereocenters. The van der Waals surface area contributed by atoms with Gasteiger partial charge >= 0.3 is 0 Å². The van der Waals surface area contributed by atoms with Gasteiger partial charge in [-0.25, -0.2) is 9.97 Å². The second kappa shape index (κ2) is 6.41. The van der Waals surface area contributed by atoms with Crippen molar-refractivity contribution in [2.75, 3.05) is 32.8 Å². The molecule has 8 heteroatoms. The molecule has 3 N–H and O–H groups in total. The highest BCUT2D eigenvalue weighted by Gasteiger charge is 2.09. The maximum absolute atomic E-state index is 11.5. The first-order valence-electron chi connectivity index (χ1n) is 6.09. The van der Waals surface area contributed by atoms with E-state index >= 15 is 0 Å². The summed E-state index contributed by atoms with van der Waals surface area (Å²) in [5.41, 5.74) is 0.599. The van der Waals surface area contributed by atoms with Crippen molar-refractivity contribution in [1.29, 1.82) is 0 Å². The minimum absolute atomic E-state index is 0.0442. The Balaban J connectivity index is 2.09. The van der Waals surface area contributed by atoms with Crippen LogP contribution in [0.15, 0.2) is 17.4 Å². The highest BCUT2D eigenvalue weighted by atomic mass is 16.3. The number of hydrogen-bond acceptors (Lipinski definition) is 6. The van der Waals surface area contributed by atoms with Crippen molar-refractivity contribution in [2.24, 2.45) is 0 Å². The monoisotopic (exact) mass is 267 g/mol. The van der Waals surface area contributed by atoms with Crippen LogP contribution in [0.5, 0.6) is 0 Å². The molecular formula is C11H17N5O3. The van der Waals surface area contributed by atoms with E-state index in [1.165, 1.54) is 6.33 Å². The zero-order valence-corrected chi connectivity index (χ0v) is 10.5. The summed E-state index contributed by atoms with van der Waals surface area (Å²) < 4.78 is 1.78. The second-order valence-electron chi connectivity index (χ2n) is 4.13. The van der Waals surface area contributed by atoms with E-state index in [4.69, 9.17) is 10.2 Å². The number of imidazole rings is 1. The summed E-state index contributed by atoms with van der Waals surface area (Å²) in [7, 11) is 0. The average Bonchev–Trinajstić information content (AvgIpc) is 2.81.